The third kappa shape index (κ3) is 3.08. The Kier molecular flexibility index (Phi) is 4.12. The molecule has 1 aromatic heterocycles. The Bertz CT molecular complexity index is 622. The van der Waals surface area contributed by atoms with E-state index in [9.17, 15) is 4.79 Å². The van der Waals surface area contributed by atoms with Gasteiger partial charge in [0.05, 0.1) is 0 Å². The van der Waals surface area contributed by atoms with E-state index in [-0.39, 0.29) is 0 Å². The fourth-order valence-electron chi connectivity index (χ4n) is 1.79. The number of thiophene rings is 1. The van der Waals surface area contributed by atoms with E-state index >= 15 is 0 Å². The molecule has 19 heavy (non-hydrogen) atoms. The summed E-state index contributed by atoms with van der Waals surface area (Å²) in [4.78, 5) is 12.3. The highest BCUT2D eigenvalue weighted by Crippen LogP contribution is 2.26. The van der Waals surface area contributed by atoms with Crippen LogP contribution < -0.4 is 5.32 Å². The van der Waals surface area contributed by atoms with E-state index < -0.39 is 5.97 Å². The van der Waals surface area contributed by atoms with Crippen LogP contribution in [0.2, 0.25) is 5.02 Å². The zero-order valence-electron chi connectivity index (χ0n) is 10.7. The normalized spacial score (nSPS) is 10.5. The first-order chi connectivity index (χ1) is 8.99. The molecule has 0 saturated carbocycles. The number of carbonyl (C=O) groups is 1. The number of rotatable bonds is 4. The summed E-state index contributed by atoms with van der Waals surface area (Å²) in [5.41, 5.74) is 2.97. The van der Waals surface area contributed by atoms with Crippen molar-refractivity contribution in [1.82, 2.24) is 0 Å². The molecule has 0 saturated heterocycles. The van der Waals surface area contributed by atoms with Crippen LogP contribution in [0, 0.1) is 13.8 Å². The van der Waals surface area contributed by atoms with Crippen molar-refractivity contribution in [2.75, 3.05) is 5.32 Å². The molecule has 2 N–H and O–H groups in total. The second-order valence-corrected chi connectivity index (χ2v) is 5.93. The van der Waals surface area contributed by atoms with Gasteiger partial charge in [-0.1, -0.05) is 17.7 Å². The molecule has 0 atom stereocenters. The molecule has 0 aliphatic rings. The molecule has 1 heterocycles. The Balaban J connectivity index is 2.14. The number of benzene rings is 1. The predicted molar refractivity (Wildman–Crippen MR) is 79.5 cm³/mol. The Morgan fingerprint density at radius 3 is 2.79 bits per heavy atom. The average molecular weight is 296 g/mol. The molecule has 2 rings (SSSR count). The van der Waals surface area contributed by atoms with E-state index in [0.717, 1.165) is 26.7 Å². The van der Waals surface area contributed by atoms with Crippen LogP contribution in [0.3, 0.4) is 0 Å². The van der Waals surface area contributed by atoms with Gasteiger partial charge in [-0.05, 0) is 43.2 Å². The maximum Gasteiger partial charge on any atom is 0.345 e. The van der Waals surface area contributed by atoms with Crippen LogP contribution >= 0.6 is 22.9 Å². The highest BCUT2D eigenvalue weighted by atomic mass is 35.5. The molecule has 0 amide bonds. The SMILES string of the molecule is Cc1sc(C(=O)O)cc1CNc1cccc(Cl)c1C. The number of anilines is 1. The maximum atomic E-state index is 10.9. The van der Waals surface area contributed by atoms with E-state index in [2.05, 4.69) is 5.32 Å². The van der Waals surface area contributed by atoms with Crippen molar-refractivity contribution in [3.63, 3.8) is 0 Å². The highest BCUT2D eigenvalue weighted by molar-refractivity contribution is 7.14. The first-order valence-electron chi connectivity index (χ1n) is 5.80. The smallest absolute Gasteiger partial charge is 0.345 e. The summed E-state index contributed by atoms with van der Waals surface area (Å²) in [7, 11) is 0. The van der Waals surface area contributed by atoms with Crippen LogP contribution in [0.5, 0.6) is 0 Å². The van der Waals surface area contributed by atoms with Crippen molar-refractivity contribution >= 4 is 34.6 Å². The van der Waals surface area contributed by atoms with Gasteiger partial charge in [0, 0.05) is 22.1 Å². The van der Waals surface area contributed by atoms with Gasteiger partial charge in [0.25, 0.3) is 0 Å². The van der Waals surface area contributed by atoms with Gasteiger partial charge in [-0.2, -0.15) is 0 Å². The van der Waals surface area contributed by atoms with E-state index in [1.54, 1.807) is 6.07 Å². The minimum absolute atomic E-state index is 0.372. The number of aryl methyl sites for hydroxylation is 1. The van der Waals surface area contributed by atoms with E-state index in [0.29, 0.717) is 11.4 Å². The third-order valence-corrected chi connectivity index (χ3v) is 4.46. The first kappa shape index (κ1) is 13.9. The van der Waals surface area contributed by atoms with Gasteiger partial charge < -0.3 is 10.4 Å². The van der Waals surface area contributed by atoms with Gasteiger partial charge in [-0.25, -0.2) is 4.79 Å². The summed E-state index contributed by atoms with van der Waals surface area (Å²) in [6, 6.07) is 7.41. The van der Waals surface area contributed by atoms with Crippen molar-refractivity contribution in [1.29, 1.82) is 0 Å². The summed E-state index contributed by atoms with van der Waals surface area (Å²) in [6.45, 7) is 4.48. The highest BCUT2D eigenvalue weighted by Gasteiger charge is 2.11. The Labute approximate surface area is 120 Å². The zero-order chi connectivity index (χ0) is 14.0. The van der Waals surface area contributed by atoms with Crippen LogP contribution in [0.15, 0.2) is 24.3 Å². The summed E-state index contributed by atoms with van der Waals surface area (Å²) >= 11 is 7.36. The minimum atomic E-state index is -0.877. The number of aromatic carboxylic acids is 1. The topological polar surface area (TPSA) is 49.3 Å². The van der Waals surface area contributed by atoms with Crippen molar-refractivity contribution in [2.45, 2.75) is 20.4 Å². The van der Waals surface area contributed by atoms with Gasteiger partial charge in [-0.15, -0.1) is 11.3 Å². The largest absolute Gasteiger partial charge is 0.477 e. The maximum absolute atomic E-state index is 10.9. The molecule has 0 bridgehead atoms. The second kappa shape index (κ2) is 5.63. The molecule has 0 aliphatic heterocycles. The quantitative estimate of drug-likeness (QED) is 0.882. The first-order valence-corrected chi connectivity index (χ1v) is 7.00. The summed E-state index contributed by atoms with van der Waals surface area (Å²) in [5.74, 6) is -0.877. The summed E-state index contributed by atoms with van der Waals surface area (Å²) in [5, 5.41) is 13.0. The lowest BCUT2D eigenvalue weighted by atomic mass is 10.2. The van der Waals surface area contributed by atoms with Crippen LogP contribution in [0.4, 0.5) is 5.69 Å². The Hall–Kier alpha value is -1.52. The lowest BCUT2D eigenvalue weighted by Crippen LogP contribution is -2.01. The van der Waals surface area contributed by atoms with Crippen molar-refractivity contribution in [3.8, 4) is 0 Å². The minimum Gasteiger partial charge on any atom is -0.477 e. The molecular formula is C14H14ClNO2S. The van der Waals surface area contributed by atoms with Crippen molar-refractivity contribution in [3.05, 3.63) is 50.2 Å². The second-order valence-electron chi connectivity index (χ2n) is 4.26. The third-order valence-electron chi connectivity index (χ3n) is 2.97. The van der Waals surface area contributed by atoms with Crippen LogP contribution in [0.1, 0.15) is 25.7 Å². The van der Waals surface area contributed by atoms with Crippen LogP contribution in [0.25, 0.3) is 0 Å². The van der Waals surface area contributed by atoms with E-state index in [1.807, 2.05) is 32.0 Å². The monoisotopic (exact) mass is 295 g/mol. The molecule has 3 nitrogen and oxygen atoms in total. The fraction of sp³-hybridized carbons (Fsp3) is 0.214. The van der Waals surface area contributed by atoms with Crippen LogP contribution in [-0.2, 0) is 6.54 Å². The summed E-state index contributed by atoms with van der Waals surface area (Å²) < 4.78 is 0. The number of hydrogen-bond acceptors (Lipinski definition) is 3. The molecule has 0 aliphatic carbocycles. The van der Waals surface area contributed by atoms with Gasteiger partial charge in [0.1, 0.15) is 4.88 Å². The van der Waals surface area contributed by atoms with Crippen molar-refractivity contribution < 1.29 is 9.90 Å². The van der Waals surface area contributed by atoms with Crippen molar-refractivity contribution in [2.24, 2.45) is 0 Å². The number of carboxylic acids is 1. The van der Waals surface area contributed by atoms with E-state index in [1.165, 1.54) is 11.3 Å². The van der Waals surface area contributed by atoms with Gasteiger partial charge >= 0.3 is 5.97 Å². The number of nitrogens with one attached hydrogen (secondary N) is 1. The Morgan fingerprint density at radius 1 is 1.42 bits per heavy atom. The number of halogens is 1. The molecule has 5 heteroatoms. The molecule has 2 aromatic rings. The fourth-order valence-corrected chi connectivity index (χ4v) is 2.85. The lowest BCUT2D eigenvalue weighted by molar-refractivity contribution is 0.0702. The molecule has 100 valence electrons. The zero-order valence-corrected chi connectivity index (χ0v) is 12.2. The molecule has 0 radical (unpaired) electrons. The van der Waals surface area contributed by atoms with Crippen LogP contribution in [-0.4, -0.2) is 11.1 Å². The molecular weight excluding hydrogens is 282 g/mol. The number of carboxylic acid groups (broad SMARTS) is 1. The number of hydrogen-bond donors (Lipinski definition) is 2. The standard InChI is InChI=1S/C14H14ClNO2S/c1-8-11(15)4-3-5-12(8)16-7-10-6-13(14(17)18)19-9(10)2/h3-6,16H,7H2,1-2H3,(H,17,18). The lowest BCUT2D eigenvalue weighted by Gasteiger charge is -2.10. The average Bonchev–Trinajstić information content (AvgIpc) is 2.73. The molecule has 0 fully saturated rings. The molecule has 0 unspecified atom stereocenters. The Morgan fingerprint density at radius 2 is 2.16 bits per heavy atom. The van der Waals surface area contributed by atoms with Gasteiger partial charge in [0.15, 0.2) is 0 Å². The summed E-state index contributed by atoms with van der Waals surface area (Å²) in [6.07, 6.45) is 0. The van der Waals surface area contributed by atoms with Gasteiger partial charge in [0.2, 0.25) is 0 Å². The molecule has 1 aromatic carbocycles. The van der Waals surface area contributed by atoms with Gasteiger partial charge in [-0.3, -0.25) is 0 Å². The molecule has 0 spiro atoms. The van der Waals surface area contributed by atoms with E-state index in [4.69, 9.17) is 16.7 Å². The predicted octanol–water partition coefficient (Wildman–Crippen LogP) is 4.33.